The highest BCUT2D eigenvalue weighted by atomic mass is 35.5. The molecule has 1 amide bonds. The number of nitrogens with one attached hydrogen (secondary N) is 1. The van der Waals surface area contributed by atoms with Gasteiger partial charge in [-0.1, -0.05) is 17.7 Å². The topological polar surface area (TPSA) is 55.1 Å². The summed E-state index contributed by atoms with van der Waals surface area (Å²) in [5.74, 6) is -0.213. The van der Waals surface area contributed by atoms with Gasteiger partial charge in [-0.2, -0.15) is 0 Å². The first-order valence-corrected chi connectivity index (χ1v) is 4.71. The predicted molar refractivity (Wildman–Crippen MR) is 58.5 cm³/mol. The number of nitrogens with two attached hydrogens (primary N) is 1. The number of rotatable bonds is 2. The zero-order valence-electron chi connectivity index (χ0n) is 8.17. The number of hydrogen-bond acceptors (Lipinski definition) is 2. The van der Waals surface area contributed by atoms with Crippen LogP contribution in [0.3, 0.4) is 0 Å². The van der Waals surface area contributed by atoms with E-state index in [4.69, 9.17) is 17.3 Å². The van der Waals surface area contributed by atoms with Gasteiger partial charge in [0.2, 0.25) is 5.91 Å². The van der Waals surface area contributed by atoms with Crippen LogP contribution in [0.4, 0.5) is 5.69 Å². The Morgan fingerprint density at radius 3 is 2.79 bits per heavy atom. The summed E-state index contributed by atoms with van der Waals surface area (Å²) in [6.45, 7) is 3.53. The second-order valence-electron chi connectivity index (χ2n) is 3.24. The highest BCUT2D eigenvalue weighted by Gasteiger charge is 2.08. The zero-order chi connectivity index (χ0) is 10.7. The van der Waals surface area contributed by atoms with Crippen molar-refractivity contribution in [1.82, 2.24) is 0 Å². The lowest BCUT2D eigenvalue weighted by Crippen LogP contribution is -2.32. The van der Waals surface area contributed by atoms with E-state index in [1.165, 1.54) is 0 Å². The molecule has 1 aromatic carbocycles. The summed E-state index contributed by atoms with van der Waals surface area (Å²) in [4.78, 5) is 11.3. The van der Waals surface area contributed by atoms with Gasteiger partial charge in [-0.25, -0.2) is 0 Å². The molecule has 0 saturated heterocycles. The lowest BCUT2D eigenvalue weighted by molar-refractivity contribution is -0.117. The number of amides is 1. The Labute approximate surface area is 88.2 Å². The van der Waals surface area contributed by atoms with E-state index in [1.807, 2.05) is 13.0 Å². The van der Waals surface area contributed by atoms with Crippen molar-refractivity contribution in [3.05, 3.63) is 28.8 Å². The van der Waals surface area contributed by atoms with Gasteiger partial charge in [0.15, 0.2) is 0 Å². The van der Waals surface area contributed by atoms with Gasteiger partial charge in [-0.05, 0) is 31.5 Å². The monoisotopic (exact) mass is 212 g/mol. The van der Waals surface area contributed by atoms with Crippen LogP contribution >= 0.6 is 11.6 Å². The van der Waals surface area contributed by atoms with Gasteiger partial charge < -0.3 is 11.1 Å². The molecule has 1 aromatic rings. The summed E-state index contributed by atoms with van der Waals surface area (Å²) in [7, 11) is 0. The van der Waals surface area contributed by atoms with Crippen LogP contribution in [-0.2, 0) is 4.79 Å². The van der Waals surface area contributed by atoms with E-state index in [2.05, 4.69) is 5.32 Å². The zero-order valence-corrected chi connectivity index (χ0v) is 8.93. The van der Waals surface area contributed by atoms with Crippen molar-refractivity contribution in [3.8, 4) is 0 Å². The minimum atomic E-state index is -0.520. The summed E-state index contributed by atoms with van der Waals surface area (Å²) in [5.41, 5.74) is 7.10. The van der Waals surface area contributed by atoms with Crippen LogP contribution in [0.25, 0.3) is 0 Å². The van der Waals surface area contributed by atoms with Crippen LogP contribution in [0.2, 0.25) is 5.02 Å². The normalized spacial score (nSPS) is 12.3. The second kappa shape index (κ2) is 4.44. The summed E-state index contributed by atoms with van der Waals surface area (Å²) in [6, 6.07) is 4.81. The molecule has 0 aliphatic heterocycles. The molecule has 0 heterocycles. The number of carbonyl (C=O) groups is 1. The third-order valence-corrected chi connectivity index (χ3v) is 2.11. The van der Waals surface area contributed by atoms with Crippen LogP contribution in [0.5, 0.6) is 0 Å². The number of aryl methyl sites for hydroxylation is 1. The number of carbonyl (C=O) groups excluding carboxylic acids is 1. The summed E-state index contributed by atoms with van der Waals surface area (Å²) < 4.78 is 0. The van der Waals surface area contributed by atoms with E-state index in [0.29, 0.717) is 10.7 Å². The average Bonchev–Trinajstić information content (AvgIpc) is 2.11. The van der Waals surface area contributed by atoms with E-state index < -0.39 is 6.04 Å². The smallest absolute Gasteiger partial charge is 0.241 e. The van der Waals surface area contributed by atoms with Crippen molar-refractivity contribution < 1.29 is 4.79 Å². The minimum absolute atomic E-state index is 0.213. The molecule has 0 aliphatic carbocycles. The van der Waals surface area contributed by atoms with E-state index in [1.54, 1.807) is 19.1 Å². The quantitative estimate of drug-likeness (QED) is 0.787. The molecule has 76 valence electrons. The molecule has 1 rings (SSSR count). The Balaban J connectivity index is 2.86. The largest absolute Gasteiger partial charge is 0.324 e. The molecule has 1 atom stereocenters. The molecule has 3 nitrogen and oxygen atoms in total. The first kappa shape index (κ1) is 11.0. The molecule has 0 spiro atoms. The molecule has 0 radical (unpaired) electrons. The Morgan fingerprint density at radius 2 is 2.21 bits per heavy atom. The minimum Gasteiger partial charge on any atom is -0.324 e. The van der Waals surface area contributed by atoms with Gasteiger partial charge in [-0.3, -0.25) is 4.79 Å². The van der Waals surface area contributed by atoms with Crippen LogP contribution in [0, 0.1) is 6.92 Å². The van der Waals surface area contributed by atoms with Gasteiger partial charge in [0.1, 0.15) is 0 Å². The SMILES string of the molecule is Cc1ccc(Cl)cc1NC(=O)C(C)N. The molecule has 0 aliphatic rings. The molecule has 4 heteroatoms. The lowest BCUT2D eigenvalue weighted by Gasteiger charge is -2.10. The number of halogens is 1. The highest BCUT2D eigenvalue weighted by Crippen LogP contribution is 2.20. The highest BCUT2D eigenvalue weighted by molar-refractivity contribution is 6.31. The van der Waals surface area contributed by atoms with Gasteiger partial charge >= 0.3 is 0 Å². The first-order chi connectivity index (χ1) is 6.50. The van der Waals surface area contributed by atoms with Crippen LogP contribution in [0.15, 0.2) is 18.2 Å². The van der Waals surface area contributed by atoms with E-state index in [0.717, 1.165) is 5.56 Å². The van der Waals surface area contributed by atoms with Gasteiger partial charge in [0, 0.05) is 10.7 Å². The Kier molecular flexibility index (Phi) is 3.49. The molecule has 1 unspecified atom stereocenters. The number of hydrogen-bond donors (Lipinski definition) is 2. The molecular formula is C10H13ClN2O. The van der Waals surface area contributed by atoms with Gasteiger partial charge in [0.05, 0.1) is 6.04 Å². The summed E-state index contributed by atoms with van der Waals surface area (Å²) in [6.07, 6.45) is 0. The maximum Gasteiger partial charge on any atom is 0.241 e. The maximum absolute atomic E-state index is 11.3. The molecule has 14 heavy (non-hydrogen) atoms. The fourth-order valence-corrected chi connectivity index (χ4v) is 1.15. The third kappa shape index (κ3) is 2.72. The predicted octanol–water partition coefficient (Wildman–Crippen LogP) is 1.93. The first-order valence-electron chi connectivity index (χ1n) is 4.33. The fraction of sp³-hybridized carbons (Fsp3) is 0.300. The molecule has 3 N–H and O–H groups in total. The van der Waals surface area contributed by atoms with Crippen molar-refractivity contribution in [2.24, 2.45) is 5.73 Å². The molecular weight excluding hydrogens is 200 g/mol. The standard InChI is InChI=1S/C10H13ClN2O/c1-6-3-4-8(11)5-9(6)13-10(14)7(2)12/h3-5,7H,12H2,1-2H3,(H,13,14). The van der Waals surface area contributed by atoms with Gasteiger partial charge in [-0.15, -0.1) is 0 Å². The molecule has 0 aromatic heterocycles. The van der Waals surface area contributed by atoms with Gasteiger partial charge in [0.25, 0.3) is 0 Å². The Bertz CT molecular complexity index is 350. The van der Waals surface area contributed by atoms with Crippen LogP contribution < -0.4 is 11.1 Å². The maximum atomic E-state index is 11.3. The number of anilines is 1. The average molecular weight is 213 g/mol. The number of benzene rings is 1. The van der Waals surface area contributed by atoms with Crippen molar-refractivity contribution in [2.75, 3.05) is 5.32 Å². The van der Waals surface area contributed by atoms with E-state index >= 15 is 0 Å². The third-order valence-electron chi connectivity index (χ3n) is 1.87. The summed E-state index contributed by atoms with van der Waals surface area (Å²) >= 11 is 5.80. The van der Waals surface area contributed by atoms with Crippen molar-refractivity contribution in [3.63, 3.8) is 0 Å². The van der Waals surface area contributed by atoms with Crippen molar-refractivity contribution >= 4 is 23.2 Å². The van der Waals surface area contributed by atoms with Crippen molar-refractivity contribution in [1.29, 1.82) is 0 Å². The van der Waals surface area contributed by atoms with Crippen molar-refractivity contribution in [2.45, 2.75) is 19.9 Å². The lowest BCUT2D eigenvalue weighted by atomic mass is 10.2. The molecule has 0 fully saturated rings. The van der Waals surface area contributed by atoms with Crippen LogP contribution in [-0.4, -0.2) is 11.9 Å². The summed E-state index contributed by atoms with van der Waals surface area (Å²) in [5, 5.41) is 3.30. The second-order valence-corrected chi connectivity index (χ2v) is 3.67. The van der Waals surface area contributed by atoms with E-state index in [-0.39, 0.29) is 5.91 Å². The van der Waals surface area contributed by atoms with Crippen LogP contribution in [0.1, 0.15) is 12.5 Å². The van der Waals surface area contributed by atoms with E-state index in [9.17, 15) is 4.79 Å². The Hall–Kier alpha value is -1.06. The molecule has 0 bridgehead atoms. The Morgan fingerprint density at radius 1 is 1.57 bits per heavy atom. The fourth-order valence-electron chi connectivity index (χ4n) is 0.975. The molecule has 0 saturated carbocycles.